The Labute approximate surface area is 171 Å². The van der Waals surface area contributed by atoms with E-state index in [4.69, 9.17) is 9.47 Å². The summed E-state index contributed by atoms with van der Waals surface area (Å²) in [5.41, 5.74) is 1.71. The molecule has 2 fully saturated rings. The van der Waals surface area contributed by atoms with Crippen LogP contribution in [0.4, 0.5) is 0 Å². The first-order valence-electron chi connectivity index (χ1n) is 11.0. The van der Waals surface area contributed by atoms with E-state index in [0.717, 1.165) is 38.5 Å². The van der Waals surface area contributed by atoms with E-state index >= 15 is 0 Å². The van der Waals surface area contributed by atoms with Crippen LogP contribution in [0.2, 0.25) is 0 Å². The van der Waals surface area contributed by atoms with Gasteiger partial charge >= 0.3 is 11.9 Å². The quantitative estimate of drug-likeness (QED) is 0.393. The second kappa shape index (κ2) is 9.45. The molecule has 0 aromatic heterocycles. The topological polar surface area (TPSA) is 52.6 Å². The average Bonchev–Trinajstić information content (AvgIpc) is 2.59. The van der Waals surface area contributed by atoms with Crippen molar-refractivity contribution in [2.75, 3.05) is 13.2 Å². The van der Waals surface area contributed by atoms with Gasteiger partial charge in [-0.3, -0.25) is 9.59 Å². The summed E-state index contributed by atoms with van der Waals surface area (Å²) >= 11 is 0. The van der Waals surface area contributed by atoms with Gasteiger partial charge in [0.25, 0.3) is 0 Å². The SMILES string of the molecule is C=C1CC[C@H]2[C@@](C)(COC(C)=O)CCC[C@]2(C)[C@H]1CC[C@H](C)CCOC(C)=O. The van der Waals surface area contributed by atoms with E-state index in [0.29, 0.717) is 31.0 Å². The van der Waals surface area contributed by atoms with Crippen LogP contribution in [0.3, 0.4) is 0 Å². The minimum Gasteiger partial charge on any atom is -0.466 e. The van der Waals surface area contributed by atoms with E-state index in [1.165, 1.54) is 32.3 Å². The Kier molecular flexibility index (Phi) is 7.75. The molecule has 0 heterocycles. The fourth-order valence-electron chi connectivity index (χ4n) is 6.06. The first kappa shape index (κ1) is 23.0. The average molecular weight is 393 g/mol. The molecule has 2 aliphatic carbocycles. The molecule has 5 atom stereocenters. The van der Waals surface area contributed by atoms with Crippen molar-refractivity contribution in [3.63, 3.8) is 0 Å². The standard InChI is InChI=1S/C24H40O4/c1-17(12-15-27-19(3)25)8-10-21-18(2)9-11-22-23(5,16-28-20(4)26)13-7-14-24(21,22)6/h17,21-22H,2,7-16H2,1,3-6H3/t17-,21-,22-,23+,24+/m0/s1. The first-order chi connectivity index (χ1) is 13.1. The number of esters is 2. The number of carbonyl (C=O) groups excluding carboxylic acids is 2. The third-order valence-corrected chi connectivity index (χ3v) is 7.61. The van der Waals surface area contributed by atoms with Gasteiger partial charge in [-0.2, -0.15) is 0 Å². The molecule has 0 spiro atoms. The van der Waals surface area contributed by atoms with Crippen LogP contribution in [0.15, 0.2) is 12.2 Å². The third kappa shape index (κ3) is 5.39. The molecular formula is C24H40O4. The van der Waals surface area contributed by atoms with Crippen molar-refractivity contribution in [3.8, 4) is 0 Å². The van der Waals surface area contributed by atoms with Crippen LogP contribution < -0.4 is 0 Å². The molecule has 0 bridgehead atoms. The van der Waals surface area contributed by atoms with Gasteiger partial charge in [-0.15, -0.1) is 0 Å². The van der Waals surface area contributed by atoms with Crippen molar-refractivity contribution in [1.82, 2.24) is 0 Å². The molecule has 0 radical (unpaired) electrons. The number of fused-ring (bicyclic) bond motifs is 1. The minimum atomic E-state index is -0.197. The van der Waals surface area contributed by atoms with Gasteiger partial charge in [-0.05, 0) is 68.1 Å². The van der Waals surface area contributed by atoms with E-state index in [9.17, 15) is 9.59 Å². The number of hydrogen-bond donors (Lipinski definition) is 0. The number of carbonyl (C=O) groups is 2. The van der Waals surface area contributed by atoms with Crippen LogP contribution in [-0.4, -0.2) is 25.2 Å². The predicted molar refractivity (Wildman–Crippen MR) is 112 cm³/mol. The largest absolute Gasteiger partial charge is 0.466 e. The number of rotatable bonds is 8. The predicted octanol–water partition coefficient (Wildman–Crippen LogP) is 5.70. The fraction of sp³-hybridized carbons (Fsp3) is 0.833. The second-order valence-corrected chi connectivity index (χ2v) is 9.91. The van der Waals surface area contributed by atoms with Crippen molar-refractivity contribution < 1.29 is 19.1 Å². The second-order valence-electron chi connectivity index (χ2n) is 9.91. The van der Waals surface area contributed by atoms with Crippen molar-refractivity contribution >= 4 is 11.9 Å². The summed E-state index contributed by atoms with van der Waals surface area (Å²) in [7, 11) is 0. The van der Waals surface area contributed by atoms with E-state index < -0.39 is 0 Å². The zero-order chi connectivity index (χ0) is 20.9. The zero-order valence-corrected chi connectivity index (χ0v) is 18.6. The Morgan fingerprint density at radius 3 is 2.46 bits per heavy atom. The van der Waals surface area contributed by atoms with Gasteiger partial charge in [-0.25, -0.2) is 0 Å². The summed E-state index contributed by atoms with van der Waals surface area (Å²) < 4.78 is 10.6. The van der Waals surface area contributed by atoms with Crippen LogP contribution in [0.25, 0.3) is 0 Å². The molecule has 0 saturated heterocycles. The summed E-state index contributed by atoms with van der Waals surface area (Å²) in [6.45, 7) is 15.5. The molecule has 0 aromatic carbocycles. The molecule has 0 N–H and O–H groups in total. The Morgan fingerprint density at radius 2 is 1.82 bits per heavy atom. The molecule has 2 rings (SSSR count). The van der Waals surface area contributed by atoms with Gasteiger partial charge < -0.3 is 9.47 Å². The summed E-state index contributed by atoms with van der Waals surface area (Å²) in [6.07, 6.45) is 9.01. The lowest BCUT2D eigenvalue weighted by atomic mass is 9.46. The number of allylic oxidation sites excluding steroid dienone is 1. The summed E-state index contributed by atoms with van der Waals surface area (Å²) in [4.78, 5) is 22.4. The summed E-state index contributed by atoms with van der Waals surface area (Å²) in [6, 6.07) is 0. The highest BCUT2D eigenvalue weighted by molar-refractivity contribution is 5.66. The van der Waals surface area contributed by atoms with Gasteiger partial charge in [0.2, 0.25) is 0 Å². The highest BCUT2D eigenvalue weighted by Gasteiger charge is 2.54. The Bertz CT molecular complexity index is 583. The Balaban J connectivity index is 2.04. The van der Waals surface area contributed by atoms with Gasteiger partial charge in [0.05, 0.1) is 13.2 Å². The van der Waals surface area contributed by atoms with Crippen molar-refractivity contribution in [1.29, 1.82) is 0 Å². The van der Waals surface area contributed by atoms with Crippen molar-refractivity contribution in [2.45, 2.75) is 86.0 Å². The lowest BCUT2D eigenvalue weighted by Gasteiger charge is -2.58. The minimum absolute atomic E-state index is 0.0680. The molecule has 0 aromatic rings. The van der Waals surface area contributed by atoms with Crippen molar-refractivity contribution in [3.05, 3.63) is 12.2 Å². The summed E-state index contributed by atoms with van der Waals surface area (Å²) in [5, 5.41) is 0. The molecule has 2 saturated carbocycles. The number of hydrogen-bond acceptors (Lipinski definition) is 4. The van der Waals surface area contributed by atoms with Gasteiger partial charge in [-0.1, -0.05) is 39.3 Å². The van der Waals surface area contributed by atoms with Crippen molar-refractivity contribution in [2.24, 2.45) is 28.6 Å². The van der Waals surface area contributed by atoms with Gasteiger partial charge in [0.1, 0.15) is 0 Å². The normalized spacial score (nSPS) is 33.7. The molecule has 0 aliphatic heterocycles. The molecule has 160 valence electrons. The molecule has 4 heteroatoms. The monoisotopic (exact) mass is 392 g/mol. The number of ether oxygens (including phenoxy) is 2. The highest BCUT2D eigenvalue weighted by atomic mass is 16.5. The summed E-state index contributed by atoms with van der Waals surface area (Å²) in [5.74, 6) is 1.26. The fourth-order valence-corrected chi connectivity index (χ4v) is 6.06. The van der Waals surface area contributed by atoms with Gasteiger partial charge in [0, 0.05) is 19.3 Å². The van der Waals surface area contributed by atoms with E-state index in [1.54, 1.807) is 0 Å². The molecule has 0 amide bonds. The lowest BCUT2D eigenvalue weighted by molar-refractivity contribution is -0.152. The Hall–Kier alpha value is -1.32. The molecule has 4 nitrogen and oxygen atoms in total. The highest BCUT2D eigenvalue weighted by Crippen LogP contribution is 2.62. The first-order valence-corrected chi connectivity index (χ1v) is 11.0. The van der Waals surface area contributed by atoms with E-state index in [2.05, 4.69) is 27.4 Å². The van der Waals surface area contributed by atoms with E-state index in [1.807, 2.05) is 0 Å². The molecular weight excluding hydrogens is 352 g/mol. The molecule has 28 heavy (non-hydrogen) atoms. The van der Waals surface area contributed by atoms with Crippen LogP contribution in [0, 0.1) is 28.6 Å². The van der Waals surface area contributed by atoms with Crippen LogP contribution >= 0.6 is 0 Å². The maximum absolute atomic E-state index is 11.4. The maximum Gasteiger partial charge on any atom is 0.302 e. The van der Waals surface area contributed by atoms with Crippen LogP contribution in [-0.2, 0) is 19.1 Å². The Morgan fingerprint density at radius 1 is 1.14 bits per heavy atom. The lowest BCUT2D eigenvalue weighted by Crippen LogP contribution is -2.52. The molecule has 0 unspecified atom stereocenters. The van der Waals surface area contributed by atoms with Gasteiger partial charge in [0.15, 0.2) is 0 Å². The van der Waals surface area contributed by atoms with Crippen LogP contribution in [0.5, 0.6) is 0 Å². The smallest absolute Gasteiger partial charge is 0.302 e. The zero-order valence-electron chi connectivity index (χ0n) is 18.6. The maximum atomic E-state index is 11.4. The van der Waals surface area contributed by atoms with Crippen LogP contribution in [0.1, 0.15) is 86.0 Å². The third-order valence-electron chi connectivity index (χ3n) is 7.61. The molecule has 2 aliphatic rings. The van der Waals surface area contributed by atoms with E-state index in [-0.39, 0.29) is 22.8 Å².